The van der Waals surface area contributed by atoms with E-state index in [2.05, 4.69) is 0 Å². The zero-order valence-corrected chi connectivity index (χ0v) is 9.43. The van der Waals surface area contributed by atoms with Crippen molar-refractivity contribution in [3.05, 3.63) is 29.3 Å². The van der Waals surface area contributed by atoms with Crippen molar-refractivity contribution in [1.29, 1.82) is 0 Å². The number of hydrogen-bond donors (Lipinski definition) is 2. The third-order valence-corrected chi connectivity index (χ3v) is 2.16. The lowest BCUT2D eigenvalue weighted by Crippen LogP contribution is -2.10. The second-order valence-electron chi connectivity index (χ2n) is 3.79. The molecule has 2 N–H and O–H groups in total. The Morgan fingerprint density at radius 2 is 2.19 bits per heavy atom. The second-order valence-corrected chi connectivity index (χ2v) is 3.79. The lowest BCUT2D eigenvalue weighted by molar-refractivity contribution is 0.0691. The van der Waals surface area contributed by atoms with Crippen LogP contribution in [-0.2, 0) is 0 Å². The third kappa shape index (κ3) is 3.55. The van der Waals surface area contributed by atoms with E-state index in [4.69, 9.17) is 14.9 Å². The van der Waals surface area contributed by atoms with E-state index in [1.165, 1.54) is 6.07 Å². The van der Waals surface area contributed by atoms with Gasteiger partial charge in [-0.05, 0) is 31.5 Å². The first-order valence-electron chi connectivity index (χ1n) is 5.15. The molecule has 0 radical (unpaired) electrons. The number of carbonyl (C=O) groups is 1. The normalized spacial score (nSPS) is 12.2. The number of aryl methyl sites for hydroxylation is 1. The second kappa shape index (κ2) is 5.51. The number of aromatic carboxylic acids is 1. The van der Waals surface area contributed by atoms with Gasteiger partial charge >= 0.3 is 5.97 Å². The lowest BCUT2D eigenvalue weighted by atomic mass is 10.1. The van der Waals surface area contributed by atoms with Gasteiger partial charge in [0.15, 0.2) is 0 Å². The van der Waals surface area contributed by atoms with Crippen LogP contribution in [0.4, 0.5) is 0 Å². The fraction of sp³-hybridized carbons (Fsp3) is 0.417. The van der Waals surface area contributed by atoms with Crippen LogP contribution in [0.2, 0.25) is 0 Å². The van der Waals surface area contributed by atoms with Crippen molar-refractivity contribution in [2.24, 2.45) is 0 Å². The van der Waals surface area contributed by atoms with E-state index in [1.54, 1.807) is 19.1 Å². The fourth-order valence-electron chi connectivity index (χ4n) is 1.27. The van der Waals surface area contributed by atoms with Gasteiger partial charge in [0.2, 0.25) is 0 Å². The molecule has 1 atom stereocenters. The minimum atomic E-state index is -1.01. The minimum Gasteiger partial charge on any atom is -0.493 e. The van der Waals surface area contributed by atoms with Gasteiger partial charge in [0.05, 0.1) is 12.7 Å². The molecule has 0 saturated carbocycles. The Labute approximate surface area is 94.5 Å². The molecule has 4 nitrogen and oxygen atoms in total. The zero-order valence-electron chi connectivity index (χ0n) is 9.43. The van der Waals surface area contributed by atoms with Crippen molar-refractivity contribution < 1.29 is 19.7 Å². The van der Waals surface area contributed by atoms with Gasteiger partial charge in [-0.1, -0.05) is 6.07 Å². The molecule has 88 valence electrons. The summed E-state index contributed by atoms with van der Waals surface area (Å²) >= 11 is 0. The Morgan fingerprint density at radius 1 is 1.50 bits per heavy atom. The number of aliphatic hydroxyl groups excluding tert-OH is 1. The van der Waals surface area contributed by atoms with Gasteiger partial charge in [-0.3, -0.25) is 0 Å². The number of ether oxygens (including phenoxy) is 1. The smallest absolute Gasteiger partial charge is 0.339 e. The Kier molecular flexibility index (Phi) is 4.31. The van der Waals surface area contributed by atoms with E-state index in [-0.39, 0.29) is 5.56 Å². The average molecular weight is 224 g/mol. The number of hydrogen-bond acceptors (Lipinski definition) is 3. The molecule has 4 heteroatoms. The summed E-state index contributed by atoms with van der Waals surface area (Å²) in [7, 11) is 0. The van der Waals surface area contributed by atoms with Crippen LogP contribution in [0, 0.1) is 6.92 Å². The maximum atomic E-state index is 10.9. The summed E-state index contributed by atoms with van der Waals surface area (Å²) in [4.78, 5) is 10.9. The van der Waals surface area contributed by atoms with Crippen LogP contribution in [0.25, 0.3) is 0 Å². The molecule has 1 aromatic rings. The van der Waals surface area contributed by atoms with Gasteiger partial charge in [-0.25, -0.2) is 4.79 Å². The van der Waals surface area contributed by atoms with E-state index in [0.717, 1.165) is 5.56 Å². The van der Waals surface area contributed by atoms with Crippen LogP contribution in [0.15, 0.2) is 18.2 Å². The number of rotatable bonds is 5. The highest BCUT2D eigenvalue weighted by Gasteiger charge is 2.11. The largest absolute Gasteiger partial charge is 0.493 e. The molecule has 0 aliphatic rings. The standard InChI is InChI=1S/C12H16O4/c1-8-3-4-10(12(14)15)11(7-8)16-6-5-9(2)13/h3-4,7,9,13H,5-6H2,1-2H3,(H,14,15). The summed E-state index contributed by atoms with van der Waals surface area (Å²) in [6, 6.07) is 4.94. The first-order valence-corrected chi connectivity index (χ1v) is 5.15. The van der Waals surface area contributed by atoms with Gasteiger partial charge in [0, 0.05) is 6.42 Å². The quantitative estimate of drug-likeness (QED) is 0.800. The molecule has 1 unspecified atom stereocenters. The molecular formula is C12H16O4. The van der Waals surface area contributed by atoms with E-state index < -0.39 is 12.1 Å². The molecule has 16 heavy (non-hydrogen) atoms. The van der Waals surface area contributed by atoms with Crippen molar-refractivity contribution in [2.75, 3.05) is 6.61 Å². The SMILES string of the molecule is Cc1ccc(C(=O)O)c(OCCC(C)O)c1. The Hall–Kier alpha value is -1.55. The highest BCUT2D eigenvalue weighted by atomic mass is 16.5. The number of carboxylic acids is 1. The first-order chi connectivity index (χ1) is 7.50. The van der Waals surface area contributed by atoms with Crippen molar-refractivity contribution in [2.45, 2.75) is 26.4 Å². The van der Waals surface area contributed by atoms with Crippen LogP contribution < -0.4 is 4.74 Å². The van der Waals surface area contributed by atoms with Crippen molar-refractivity contribution in [3.8, 4) is 5.75 Å². The highest BCUT2D eigenvalue weighted by Crippen LogP contribution is 2.20. The molecule has 0 aromatic heterocycles. The fourth-order valence-corrected chi connectivity index (χ4v) is 1.27. The molecule has 0 aliphatic heterocycles. The van der Waals surface area contributed by atoms with Crippen LogP contribution in [-0.4, -0.2) is 28.9 Å². The monoisotopic (exact) mass is 224 g/mol. The summed E-state index contributed by atoms with van der Waals surface area (Å²) in [6.07, 6.45) is 0.0330. The zero-order chi connectivity index (χ0) is 12.1. The summed E-state index contributed by atoms with van der Waals surface area (Å²) < 4.78 is 5.35. The average Bonchev–Trinajstić information content (AvgIpc) is 2.16. The number of carboxylic acid groups (broad SMARTS) is 1. The molecule has 0 saturated heterocycles. The maximum Gasteiger partial charge on any atom is 0.339 e. The van der Waals surface area contributed by atoms with E-state index in [1.807, 2.05) is 6.92 Å². The third-order valence-electron chi connectivity index (χ3n) is 2.16. The maximum absolute atomic E-state index is 10.9. The van der Waals surface area contributed by atoms with Gasteiger partial charge in [0.1, 0.15) is 11.3 Å². The molecule has 0 aliphatic carbocycles. The Bertz CT molecular complexity index is 371. The van der Waals surface area contributed by atoms with Crippen molar-refractivity contribution in [1.82, 2.24) is 0 Å². The summed E-state index contributed by atoms with van der Waals surface area (Å²) in [5.41, 5.74) is 1.09. The van der Waals surface area contributed by atoms with E-state index in [0.29, 0.717) is 18.8 Å². The summed E-state index contributed by atoms with van der Waals surface area (Å²) in [6.45, 7) is 3.84. The molecule has 0 fully saturated rings. The molecule has 0 amide bonds. The Morgan fingerprint density at radius 3 is 2.75 bits per heavy atom. The number of benzene rings is 1. The van der Waals surface area contributed by atoms with Crippen LogP contribution in [0.1, 0.15) is 29.3 Å². The lowest BCUT2D eigenvalue weighted by Gasteiger charge is -2.10. The van der Waals surface area contributed by atoms with Gasteiger partial charge < -0.3 is 14.9 Å². The van der Waals surface area contributed by atoms with E-state index >= 15 is 0 Å². The minimum absolute atomic E-state index is 0.149. The summed E-state index contributed by atoms with van der Waals surface area (Å²) in [5.74, 6) is -0.653. The van der Waals surface area contributed by atoms with Gasteiger partial charge in [-0.15, -0.1) is 0 Å². The molecule has 1 rings (SSSR count). The van der Waals surface area contributed by atoms with Gasteiger partial charge in [0.25, 0.3) is 0 Å². The van der Waals surface area contributed by atoms with Crippen molar-refractivity contribution in [3.63, 3.8) is 0 Å². The van der Waals surface area contributed by atoms with Crippen LogP contribution >= 0.6 is 0 Å². The first kappa shape index (κ1) is 12.5. The van der Waals surface area contributed by atoms with Crippen LogP contribution in [0.3, 0.4) is 0 Å². The molecule has 0 heterocycles. The van der Waals surface area contributed by atoms with Crippen LogP contribution in [0.5, 0.6) is 5.75 Å². The van der Waals surface area contributed by atoms with Gasteiger partial charge in [-0.2, -0.15) is 0 Å². The predicted octanol–water partition coefficient (Wildman–Crippen LogP) is 1.84. The topological polar surface area (TPSA) is 66.8 Å². The Balaban J connectivity index is 2.76. The predicted molar refractivity (Wildman–Crippen MR) is 59.9 cm³/mol. The highest BCUT2D eigenvalue weighted by molar-refractivity contribution is 5.90. The summed E-state index contributed by atoms with van der Waals surface area (Å²) in [5, 5.41) is 18.0. The molecule has 0 bridgehead atoms. The number of aliphatic hydroxyl groups is 1. The molecule has 1 aromatic carbocycles. The van der Waals surface area contributed by atoms with E-state index in [9.17, 15) is 4.79 Å². The molecule has 0 spiro atoms. The van der Waals surface area contributed by atoms with Crippen molar-refractivity contribution >= 4 is 5.97 Å². The molecular weight excluding hydrogens is 208 g/mol.